The summed E-state index contributed by atoms with van der Waals surface area (Å²) in [6, 6.07) is 9.75. The number of nitrogens with two attached hydrogens (primary N) is 1. The summed E-state index contributed by atoms with van der Waals surface area (Å²) < 4.78 is 5.69. The van der Waals surface area contributed by atoms with E-state index in [2.05, 4.69) is 0 Å². The molecule has 0 saturated heterocycles. The van der Waals surface area contributed by atoms with Crippen LogP contribution >= 0.6 is 0 Å². The van der Waals surface area contributed by atoms with Crippen LogP contribution in [-0.4, -0.2) is 30.4 Å². The molecule has 0 aliphatic heterocycles. The van der Waals surface area contributed by atoms with Crippen molar-refractivity contribution in [1.29, 1.82) is 0 Å². The molecule has 2 aromatic rings. The maximum Gasteiger partial charge on any atom is 0.289 e. The summed E-state index contributed by atoms with van der Waals surface area (Å²) in [5.74, 6) is 0.772. The first-order valence-electron chi connectivity index (χ1n) is 7.66. The van der Waals surface area contributed by atoms with Gasteiger partial charge in [-0.3, -0.25) is 4.79 Å². The normalized spacial score (nSPS) is 22.4. The van der Waals surface area contributed by atoms with Gasteiger partial charge >= 0.3 is 0 Å². The smallest absolute Gasteiger partial charge is 0.289 e. The zero-order valence-electron chi connectivity index (χ0n) is 12.4. The van der Waals surface area contributed by atoms with Gasteiger partial charge in [0.15, 0.2) is 5.76 Å². The molecule has 1 aliphatic rings. The summed E-state index contributed by atoms with van der Waals surface area (Å²) >= 11 is 0. The molecule has 1 aliphatic carbocycles. The molecule has 2 unspecified atom stereocenters. The van der Waals surface area contributed by atoms with Crippen molar-refractivity contribution in [2.75, 3.05) is 13.6 Å². The van der Waals surface area contributed by atoms with Crippen LogP contribution in [0.5, 0.6) is 0 Å². The highest BCUT2D eigenvalue weighted by Crippen LogP contribution is 2.29. The number of para-hydroxylation sites is 1. The summed E-state index contributed by atoms with van der Waals surface area (Å²) in [5.41, 5.74) is 6.63. The van der Waals surface area contributed by atoms with Gasteiger partial charge in [-0.05, 0) is 37.4 Å². The third-order valence-corrected chi connectivity index (χ3v) is 4.63. The van der Waals surface area contributed by atoms with Crippen LogP contribution in [0.4, 0.5) is 0 Å². The predicted octanol–water partition coefficient (Wildman–Crippen LogP) is 3.02. The Morgan fingerprint density at radius 2 is 2.10 bits per heavy atom. The van der Waals surface area contributed by atoms with Gasteiger partial charge in [0.25, 0.3) is 5.91 Å². The lowest BCUT2D eigenvalue weighted by Gasteiger charge is -2.37. The molecule has 4 heteroatoms. The second-order valence-corrected chi connectivity index (χ2v) is 5.91. The Bertz CT molecular complexity index is 602. The lowest BCUT2D eigenvalue weighted by Crippen LogP contribution is -2.45. The Morgan fingerprint density at radius 3 is 2.86 bits per heavy atom. The SMILES string of the molecule is CN(C(=O)c1cc2ccccc2o1)C1CCCCC1CN. The van der Waals surface area contributed by atoms with E-state index >= 15 is 0 Å². The molecule has 21 heavy (non-hydrogen) atoms. The maximum atomic E-state index is 12.7. The molecule has 0 spiro atoms. The van der Waals surface area contributed by atoms with Crippen LogP contribution in [0.1, 0.15) is 36.2 Å². The number of nitrogens with zero attached hydrogens (tertiary/aromatic N) is 1. The topological polar surface area (TPSA) is 59.5 Å². The molecule has 112 valence electrons. The average Bonchev–Trinajstić information content (AvgIpc) is 2.97. The number of carbonyl (C=O) groups is 1. The van der Waals surface area contributed by atoms with Gasteiger partial charge in [0.2, 0.25) is 0 Å². The van der Waals surface area contributed by atoms with Gasteiger partial charge in [-0.2, -0.15) is 0 Å². The van der Waals surface area contributed by atoms with Crippen LogP contribution in [-0.2, 0) is 0 Å². The Hall–Kier alpha value is -1.81. The third-order valence-electron chi connectivity index (χ3n) is 4.63. The van der Waals surface area contributed by atoms with Crippen molar-refractivity contribution >= 4 is 16.9 Å². The highest BCUT2D eigenvalue weighted by atomic mass is 16.3. The standard InChI is InChI=1S/C17H22N2O2/c1-19(14-8-4-2-7-13(14)11-18)17(20)16-10-12-6-3-5-9-15(12)21-16/h3,5-6,9-10,13-14H,2,4,7-8,11,18H2,1H3. The van der Waals surface area contributed by atoms with Gasteiger partial charge < -0.3 is 15.1 Å². The molecule has 1 aromatic heterocycles. The number of furan rings is 1. The monoisotopic (exact) mass is 286 g/mol. The van der Waals surface area contributed by atoms with Crippen molar-refractivity contribution in [2.45, 2.75) is 31.7 Å². The van der Waals surface area contributed by atoms with Crippen molar-refractivity contribution in [3.63, 3.8) is 0 Å². The Morgan fingerprint density at radius 1 is 1.33 bits per heavy atom. The highest BCUT2D eigenvalue weighted by Gasteiger charge is 2.31. The molecule has 1 aromatic carbocycles. The summed E-state index contributed by atoms with van der Waals surface area (Å²) in [6.07, 6.45) is 4.52. The van der Waals surface area contributed by atoms with Crippen LogP contribution < -0.4 is 5.73 Å². The maximum absolute atomic E-state index is 12.7. The molecular weight excluding hydrogens is 264 g/mol. The zero-order valence-corrected chi connectivity index (χ0v) is 12.4. The van der Waals surface area contributed by atoms with E-state index in [1.165, 1.54) is 12.8 Å². The second kappa shape index (κ2) is 5.90. The van der Waals surface area contributed by atoms with Gasteiger partial charge in [-0.15, -0.1) is 0 Å². The minimum absolute atomic E-state index is 0.0449. The van der Waals surface area contributed by atoms with Gasteiger partial charge in [0, 0.05) is 18.5 Å². The fraction of sp³-hybridized carbons (Fsp3) is 0.471. The fourth-order valence-electron chi connectivity index (χ4n) is 3.38. The molecule has 4 nitrogen and oxygen atoms in total. The summed E-state index contributed by atoms with van der Waals surface area (Å²) in [5, 5.41) is 0.966. The van der Waals surface area contributed by atoms with E-state index in [-0.39, 0.29) is 11.9 Å². The summed E-state index contributed by atoms with van der Waals surface area (Å²) in [4.78, 5) is 14.5. The zero-order chi connectivity index (χ0) is 14.8. The Labute approximate surface area is 124 Å². The van der Waals surface area contributed by atoms with Crippen molar-refractivity contribution in [1.82, 2.24) is 4.90 Å². The molecule has 3 rings (SSSR count). The first kappa shape index (κ1) is 14.1. The Balaban J connectivity index is 1.83. The molecule has 2 atom stereocenters. The van der Waals surface area contributed by atoms with Crippen molar-refractivity contribution in [3.8, 4) is 0 Å². The molecule has 0 bridgehead atoms. The predicted molar refractivity (Wildman–Crippen MR) is 83.1 cm³/mol. The van der Waals surface area contributed by atoms with Gasteiger partial charge in [0.05, 0.1) is 0 Å². The molecule has 1 amide bonds. The highest BCUT2D eigenvalue weighted by molar-refractivity contribution is 5.96. The number of carbonyl (C=O) groups excluding carboxylic acids is 1. The number of rotatable bonds is 3. The number of fused-ring (bicyclic) bond motifs is 1. The minimum atomic E-state index is -0.0449. The number of hydrogen-bond acceptors (Lipinski definition) is 3. The van der Waals surface area contributed by atoms with E-state index in [1.54, 1.807) is 0 Å². The summed E-state index contributed by atoms with van der Waals surface area (Å²) in [6.45, 7) is 0.641. The van der Waals surface area contributed by atoms with Crippen LogP contribution in [0.15, 0.2) is 34.7 Å². The molecule has 1 heterocycles. The van der Waals surface area contributed by atoms with Gasteiger partial charge in [-0.1, -0.05) is 31.0 Å². The van der Waals surface area contributed by atoms with E-state index < -0.39 is 0 Å². The lowest BCUT2D eigenvalue weighted by atomic mass is 9.83. The number of hydrogen-bond donors (Lipinski definition) is 1. The van der Waals surface area contributed by atoms with Crippen molar-refractivity contribution in [3.05, 3.63) is 36.1 Å². The molecule has 1 fully saturated rings. The summed E-state index contributed by atoms with van der Waals surface area (Å²) in [7, 11) is 1.87. The average molecular weight is 286 g/mol. The first-order valence-corrected chi connectivity index (χ1v) is 7.66. The van der Waals surface area contributed by atoms with Crippen LogP contribution in [0.2, 0.25) is 0 Å². The van der Waals surface area contributed by atoms with E-state index in [0.717, 1.165) is 23.8 Å². The van der Waals surface area contributed by atoms with Crippen LogP contribution in [0.25, 0.3) is 11.0 Å². The van der Waals surface area contributed by atoms with Crippen LogP contribution in [0.3, 0.4) is 0 Å². The van der Waals surface area contributed by atoms with Crippen molar-refractivity contribution < 1.29 is 9.21 Å². The van der Waals surface area contributed by atoms with Crippen LogP contribution in [0, 0.1) is 5.92 Å². The van der Waals surface area contributed by atoms with E-state index in [0.29, 0.717) is 18.2 Å². The molecule has 2 N–H and O–H groups in total. The lowest BCUT2D eigenvalue weighted by molar-refractivity contribution is 0.0591. The number of benzene rings is 1. The second-order valence-electron chi connectivity index (χ2n) is 5.91. The molecule has 0 radical (unpaired) electrons. The van der Waals surface area contributed by atoms with E-state index in [4.69, 9.17) is 10.2 Å². The fourth-order valence-corrected chi connectivity index (χ4v) is 3.38. The quantitative estimate of drug-likeness (QED) is 0.943. The first-order chi connectivity index (χ1) is 10.2. The largest absolute Gasteiger partial charge is 0.451 e. The van der Waals surface area contributed by atoms with Gasteiger partial charge in [0.1, 0.15) is 5.58 Å². The molecule has 1 saturated carbocycles. The molecular formula is C17H22N2O2. The third kappa shape index (κ3) is 2.68. The minimum Gasteiger partial charge on any atom is -0.451 e. The van der Waals surface area contributed by atoms with Crippen molar-refractivity contribution in [2.24, 2.45) is 11.7 Å². The Kier molecular flexibility index (Phi) is 3.97. The number of amides is 1. The van der Waals surface area contributed by atoms with E-state index in [1.807, 2.05) is 42.3 Å². The van der Waals surface area contributed by atoms with Gasteiger partial charge in [-0.25, -0.2) is 0 Å². The van der Waals surface area contributed by atoms with E-state index in [9.17, 15) is 4.79 Å².